The highest BCUT2D eigenvalue weighted by atomic mass is 16.6. The summed E-state index contributed by atoms with van der Waals surface area (Å²) in [6.07, 6.45) is -0.981. The van der Waals surface area contributed by atoms with Crippen molar-refractivity contribution in [1.29, 1.82) is 0 Å². The van der Waals surface area contributed by atoms with E-state index in [9.17, 15) is 14.9 Å². The van der Waals surface area contributed by atoms with Crippen LogP contribution < -0.4 is 14.8 Å². The Kier molecular flexibility index (Phi) is 7.42. The molecule has 144 valence electrons. The summed E-state index contributed by atoms with van der Waals surface area (Å²) in [4.78, 5) is 22.7. The Morgan fingerprint density at radius 1 is 1.07 bits per heavy atom. The molecule has 1 N–H and O–H groups in total. The largest absolute Gasteiger partial charge is 0.497 e. The second-order valence-corrected chi connectivity index (χ2v) is 5.70. The van der Waals surface area contributed by atoms with E-state index in [0.717, 1.165) is 0 Å². The van der Waals surface area contributed by atoms with Crippen LogP contribution in [0.15, 0.2) is 54.6 Å². The highest BCUT2D eigenvalue weighted by Crippen LogP contribution is 2.21. The number of nitrogens with one attached hydrogen (secondary N) is 1. The van der Waals surface area contributed by atoms with Gasteiger partial charge in [-0.05, 0) is 36.4 Å². The number of hydrogen-bond donors (Lipinski definition) is 1. The molecule has 2 rings (SSSR count). The summed E-state index contributed by atoms with van der Waals surface area (Å²) in [6.45, 7) is -0.320. The number of esters is 1. The van der Waals surface area contributed by atoms with Gasteiger partial charge in [0.25, 0.3) is 0 Å². The van der Waals surface area contributed by atoms with Gasteiger partial charge >= 0.3 is 5.97 Å². The van der Waals surface area contributed by atoms with Crippen molar-refractivity contribution in [3.05, 3.63) is 64.7 Å². The molecule has 0 saturated carbocycles. The fourth-order valence-electron chi connectivity index (χ4n) is 2.50. The van der Waals surface area contributed by atoms with Crippen LogP contribution in [0.25, 0.3) is 0 Å². The van der Waals surface area contributed by atoms with Gasteiger partial charge in [-0.25, -0.2) is 4.79 Å². The van der Waals surface area contributed by atoms with E-state index in [1.54, 1.807) is 55.6 Å². The first kappa shape index (κ1) is 20.0. The molecule has 0 aliphatic heterocycles. The van der Waals surface area contributed by atoms with Crippen LogP contribution in [0.3, 0.4) is 0 Å². The van der Waals surface area contributed by atoms with E-state index in [1.807, 2.05) is 6.07 Å². The van der Waals surface area contributed by atoms with Crippen molar-refractivity contribution in [2.75, 3.05) is 26.1 Å². The summed E-state index contributed by atoms with van der Waals surface area (Å²) in [7, 11) is 2.81. The Morgan fingerprint density at radius 2 is 1.74 bits per heavy atom. The van der Waals surface area contributed by atoms with Gasteiger partial charge in [-0.2, -0.15) is 0 Å². The van der Waals surface area contributed by atoms with Gasteiger partial charge in [-0.15, -0.1) is 0 Å². The Labute approximate surface area is 157 Å². The van der Waals surface area contributed by atoms with E-state index in [2.05, 4.69) is 5.32 Å². The number of rotatable bonds is 10. The average Bonchev–Trinajstić information content (AvgIpc) is 2.70. The SMILES string of the molecule is COC(=O)[C@H](Oc1ccccc1)[C@H](CC[N+](=O)[O-])Nc1ccc(OC)cc1. The highest BCUT2D eigenvalue weighted by molar-refractivity contribution is 5.76. The third kappa shape index (κ3) is 6.18. The lowest BCUT2D eigenvalue weighted by Crippen LogP contribution is -2.45. The lowest BCUT2D eigenvalue weighted by Gasteiger charge is -2.27. The van der Waals surface area contributed by atoms with Gasteiger partial charge in [-0.1, -0.05) is 18.2 Å². The lowest BCUT2D eigenvalue weighted by molar-refractivity contribution is -0.480. The van der Waals surface area contributed by atoms with Gasteiger partial charge in [0.1, 0.15) is 11.5 Å². The molecule has 0 fully saturated rings. The van der Waals surface area contributed by atoms with Crippen molar-refractivity contribution >= 4 is 11.7 Å². The fourth-order valence-corrected chi connectivity index (χ4v) is 2.50. The fraction of sp³-hybridized carbons (Fsp3) is 0.316. The number of para-hydroxylation sites is 1. The van der Waals surface area contributed by atoms with Gasteiger partial charge in [0, 0.05) is 17.0 Å². The van der Waals surface area contributed by atoms with Gasteiger partial charge < -0.3 is 19.5 Å². The number of hydrogen-bond acceptors (Lipinski definition) is 7. The molecule has 8 heteroatoms. The lowest BCUT2D eigenvalue weighted by atomic mass is 10.1. The first-order valence-corrected chi connectivity index (χ1v) is 8.35. The van der Waals surface area contributed by atoms with E-state index < -0.39 is 23.0 Å². The topological polar surface area (TPSA) is 99.9 Å². The number of nitrogens with zero attached hydrogens (tertiary/aromatic N) is 1. The summed E-state index contributed by atoms with van der Waals surface area (Å²) in [5.41, 5.74) is 0.676. The van der Waals surface area contributed by atoms with E-state index in [0.29, 0.717) is 17.2 Å². The van der Waals surface area contributed by atoms with Crippen molar-refractivity contribution < 1.29 is 23.9 Å². The number of benzene rings is 2. The van der Waals surface area contributed by atoms with Crippen LogP contribution in [0.2, 0.25) is 0 Å². The molecule has 2 atom stereocenters. The van der Waals surface area contributed by atoms with E-state index in [-0.39, 0.29) is 13.0 Å². The molecule has 8 nitrogen and oxygen atoms in total. The molecule has 0 amide bonds. The molecule has 0 aromatic heterocycles. The van der Waals surface area contributed by atoms with Crippen molar-refractivity contribution in [3.8, 4) is 11.5 Å². The molecule has 0 radical (unpaired) electrons. The van der Waals surface area contributed by atoms with Crippen molar-refractivity contribution in [1.82, 2.24) is 0 Å². The number of ether oxygens (including phenoxy) is 3. The molecule has 2 aromatic rings. The van der Waals surface area contributed by atoms with Gasteiger partial charge in [0.05, 0.1) is 20.3 Å². The number of carbonyl (C=O) groups is 1. The minimum absolute atomic E-state index is 0.0750. The standard InChI is InChI=1S/C19H22N2O6/c1-25-15-10-8-14(9-11-15)20-17(12-13-21(23)24)18(19(22)26-2)27-16-6-4-3-5-7-16/h3-11,17-18,20H,12-13H2,1-2H3/t17-,18+/m0/s1. The van der Waals surface area contributed by atoms with E-state index in [4.69, 9.17) is 14.2 Å². The van der Waals surface area contributed by atoms with Crippen molar-refractivity contribution in [2.45, 2.75) is 18.6 Å². The predicted octanol–water partition coefficient (Wildman–Crippen LogP) is 2.76. The highest BCUT2D eigenvalue weighted by Gasteiger charge is 2.32. The summed E-state index contributed by atoms with van der Waals surface area (Å²) >= 11 is 0. The molecule has 0 unspecified atom stereocenters. The number of carbonyl (C=O) groups excluding carboxylic acids is 1. The number of methoxy groups -OCH3 is 2. The smallest absolute Gasteiger partial charge is 0.349 e. The maximum absolute atomic E-state index is 12.3. The first-order chi connectivity index (χ1) is 13.0. The summed E-state index contributed by atoms with van der Waals surface area (Å²) < 4.78 is 15.8. The molecule has 2 aromatic carbocycles. The number of nitro groups is 1. The van der Waals surface area contributed by atoms with Crippen LogP contribution in [-0.4, -0.2) is 43.8 Å². The minimum atomic E-state index is -1.06. The molecule has 0 spiro atoms. The zero-order valence-electron chi connectivity index (χ0n) is 15.2. The maximum Gasteiger partial charge on any atom is 0.349 e. The minimum Gasteiger partial charge on any atom is -0.497 e. The third-order valence-corrected chi connectivity index (χ3v) is 3.87. The summed E-state index contributed by atoms with van der Waals surface area (Å²) in [5.74, 6) is 0.524. The van der Waals surface area contributed by atoms with Gasteiger partial charge in [0.2, 0.25) is 12.6 Å². The molecule has 0 bridgehead atoms. The first-order valence-electron chi connectivity index (χ1n) is 8.35. The Bertz CT molecular complexity index is 736. The zero-order chi connectivity index (χ0) is 19.6. The summed E-state index contributed by atoms with van der Waals surface area (Å²) in [5, 5.41) is 14.0. The normalized spacial score (nSPS) is 12.5. The maximum atomic E-state index is 12.3. The van der Waals surface area contributed by atoms with Crippen molar-refractivity contribution in [3.63, 3.8) is 0 Å². The van der Waals surface area contributed by atoms with Crippen LogP contribution in [0.4, 0.5) is 5.69 Å². The van der Waals surface area contributed by atoms with Gasteiger partial charge in [-0.3, -0.25) is 10.1 Å². The predicted molar refractivity (Wildman–Crippen MR) is 99.8 cm³/mol. The molecular formula is C19H22N2O6. The molecule has 27 heavy (non-hydrogen) atoms. The molecule has 0 aliphatic carbocycles. The molecule has 0 saturated heterocycles. The van der Waals surface area contributed by atoms with Crippen LogP contribution >= 0.6 is 0 Å². The quantitative estimate of drug-likeness (QED) is 0.388. The van der Waals surface area contributed by atoms with Crippen LogP contribution in [0.5, 0.6) is 11.5 Å². The van der Waals surface area contributed by atoms with Crippen LogP contribution in [0, 0.1) is 10.1 Å². The van der Waals surface area contributed by atoms with Crippen LogP contribution in [-0.2, 0) is 9.53 Å². The van der Waals surface area contributed by atoms with Crippen LogP contribution in [0.1, 0.15) is 6.42 Å². The Balaban J connectivity index is 2.24. The molecule has 0 heterocycles. The van der Waals surface area contributed by atoms with E-state index in [1.165, 1.54) is 7.11 Å². The van der Waals surface area contributed by atoms with Gasteiger partial charge in [0.15, 0.2) is 0 Å². The van der Waals surface area contributed by atoms with E-state index >= 15 is 0 Å². The Morgan fingerprint density at radius 3 is 2.30 bits per heavy atom. The average molecular weight is 374 g/mol. The van der Waals surface area contributed by atoms with Crippen molar-refractivity contribution in [2.24, 2.45) is 0 Å². The molecular weight excluding hydrogens is 352 g/mol. The second kappa shape index (κ2) is 10.0. The second-order valence-electron chi connectivity index (χ2n) is 5.70. The zero-order valence-corrected chi connectivity index (χ0v) is 15.2. The Hall–Kier alpha value is -3.29. The molecule has 0 aliphatic rings. The monoisotopic (exact) mass is 374 g/mol. The summed E-state index contributed by atoms with van der Waals surface area (Å²) in [6, 6.07) is 15.1. The number of anilines is 1. The third-order valence-electron chi connectivity index (χ3n) is 3.87.